The summed E-state index contributed by atoms with van der Waals surface area (Å²) in [4.78, 5) is 22.3. The summed E-state index contributed by atoms with van der Waals surface area (Å²) in [7, 11) is 0. The van der Waals surface area contributed by atoms with Gasteiger partial charge in [0.1, 0.15) is 17.6 Å². The summed E-state index contributed by atoms with van der Waals surface area (Å²) >= 11 is 0. The van der Waals surface area contributed by atoms with Crippen LogP contribution in [0.1, 0.15) is 38.1 Å². The third kappa shape index (κ3) is 4.57. The van der Waals surface area contributed by atoms with Gasteiger partial charge in [-0.2, -0.15) is 0 Å². The van der Waals surface area contributed by atoms with Crippen molar-refractivity contribution in [2.45, 2.75) is 39.4 Å². The van der Waals surface area contributed by atoms with E-state index < -0.39 is 17.7 Å². The molecule has 0 saturated carbocycles. The van der Waals surface area contributed by atoms with Crippen LogP contribution in [0.15, 0.2) is 24.3 Å². The van der Waals surface area contributed by atoms with E-state index in [1.54, 1.807) is 52.0 Å². The molecule has 98 valence electrons. The molecule has 0 saturated heterocycles. The molecule has 18 heavy (non-hydrogen) atoms. The SMILES string of the molecule is C[C@H](Oc1cccc(C=O)c1)C(=O)OC(C)(C)C. The minimum Gasteiger partial charge on any atom is -0.479 e. The number of ether oxygens (including phenoxy) is 2. The van der Waals surface area contributed by atoms with Crippen LogP contribution < -0.4 is 4.74 Å². The number of benzene rings is 1. The second-order valence-corrected chi connectivity index (χ2v) is 4.98. The first kappa shape index (κ1) is 14.2. The van der Waals surface area contributed by atoms with Gasteiger partial charge in [0.05, 0.1) is 0 Å². The predicted molar refractivity (Wildman–Crippen MR) is 67.8 cm³/mol. The average Bonchev–Trinajstić information content (AvgIpc) is 2.27. The molecule has 1 rings (SSSR count). The zero-order chi connectivity index (χ0) is 13.8. The quantitative estimate of drug-likeness (QED) is 0.609. The Labute approximate surface area is 107 Å². The Morgan fingerprint density at radius 2 is 2.00 bits per heavy atom. The summed E-state index contributed by atoms with van der Waals surface area (Å²) in [6, 6.07) is 6.63. The second kappa shape index (κ2) is 5.67. The van der Waals surface area contributed by atoms with Crippen molar-refractivity contribution in [3.63, 3.8) is 0 Å². The van der Waals surface area contributed by atoms with Gasteiger partial charge in [-0.1, -0.05) is 12.1 Å². The topological polar surface area (TPSA) is 52.6 Å². The highest BCUT2D eigenvalue weighted by Gasteiger charge is 2.22. The van der Waals surface area contributed by atoms with Gasteiger partial charge in [0, 0.05) is 5.56 Å². The van der Waals surface area contributed by atoms with E-state index in [1.165, 1.54) is 0 Å². The molecule has 0 spiro atoms. The monoisotopic (exact) mass is 250 g/mol. The minimum absolute atomic E-state index is 0.431. The molecule has 1 atom stereocenters. The molecule has 1 aromatic carbocycles. The summed E-state index contributed by atoms with van der Waals surface area (Å²) in [5.41, 5.74) is -0.0387. The normalized spacial score (nSPS) is 12.7. The van der Waals surface area contributed by atoms with Crippen LogP contribution in [0, 0.1) is 0 Å². The molecule has 0 aliphatic rings. The number of carbonyl (C=O) groups is 2. The highest BCUT2D eigenvalue weighted by Crippen LogP contribution is 2.16. The maximum Gasteiger partial charge on any atom is 0.347 e. The number of carbonyl (C=O) groups excluding carboxylic acids is 2. The van der Waals surface area contributed by atoms with E-state index in [4.69, 9.17) is 9.47 Å². The van der Waals surface area contributed by atoms with Gasteiger partial charge in [0.15, 0.2) is 6.10 Å². The summed E-state index contributed by atoms with van der Waals surface area (Å²) in [6.07, 6.45) is 0.0106. The third-order valence-electron chi connectivity index (χ3n) is 2.05. The zero-order valence-electron chi connectivity index (χ0n) is 11.1. The summed E-state index contributed by atoms with van der Waals surface area (Å²) in [6.45, 7) is 7.00. The maximum atomic E-state index is 11.7. The number of aldehydes is 1. The second-order valence-electron chi connectivity index (χ2n) is 4.98. The van der Waals surface area contributed by atoms with Crippen LogP contribution in [0.4, 0.5) is 0 Å². The van der Waals surface area contributed by atoms with Crippen LogP contribution in [0.2, 0.25) is 0 Å². The van der Waals surface area contributed by atoms with Gasteiger partial charge in [-0.25, -0.2) is 4.79 Å². The Morgan fingerprint density at radius 3 is 2.56 bits per heavy atom. The van der Waals surface area contributed by atoms with E-state index in [9.17, 15) is 9.59 Å². The van der Waals surface area contributed by atoms with E-state index >= 15 is 0 Å². The lowest BCUT2D eigenvalue weighted by molar-refractivity contribution is -0.162. The number of hydrogen-bond acceptors (Lipinski definition) is 4. The smallest absolute Gasteiger partial charge is 0.347 e. The summed E-state index contributed by atoms with van der Waals surface area (Å²) in [5.74, 6) is 0.0389. The Kier molecular flexibility index (Phi) is 4.48. The van der Waals surface area contributed by atoms with Crippen molar-refractivity contribution in [2.24, 2.45) is 0 Å². The molecule has 0 radical (unpaired) electrons. The molecule has 0 heterocycles. The largest absolute Gasteiger partial charge is 0.479 e. The van der Waals surface area contributed by atoms with Crippen molar-refractivity contribution in [1.29, 1.82) is 0 Å². The van der Waals surface area contributed by atoms with Crippen molar-refractivity contribution in [2.75, 3.05) is 0 Å². The van der Waals surface area contributed by atoms with Crippen molar-refractivity contribution in [1.82, 2.24) is 0 Å². The molecule has 0 bridgehead atoms. The maximum absolute atomic E-state index is 11.7. The van der Waals surface area contributed by atoms with Gasteiger partial charge in [-0.05, 0) is 39.8 Å². The number of hydrogen-bond donors (Lipinski definition) is 0. The summed E-state index contributed by atoms with van der Waals surface area (Å²) in [5, 5.41) is 0. The Bertz CT molecular complexity index is 432. The van der Waals surface area contributed by atoms with Gasteiger partial charge in [0.2, 0.25) is 0 Å². The fourth-order valence-electron chi connectivity index (χ4n) is 1.30. The van der Waals surface area contributed by atoms with Crippen LogP contribution in [-0.4, -0.2) is 24.0 Å². The van der Waals surface area contributed by atoms with E-state index in [-0.39, 0.29) is 0 Å². The highest BCUT2D eigenvalue weighted by molar-refractivity contribution is 5.76. The van der Waals surface area contributed by atoms with Gasteiger partial charge < -0.3 is 9.47 Å². The zero-order valence-corrected chi connectivity index (χ0v) is 11.1. The fourth-order valence-corrected chi connectivity index (χ4v) is 1.30. The lowest BCUT2D eigenvalue weighted by Gasteiger charge is -2.22. The van der Waals surface area contributed by atoms with E-state index in [2.05, 4.69) is 0 Å². The van der Waals surface area contributed by atoms with E-state index in [1.807, 2.05) is 0 Å². The Balaban J connectivity index is 2.66. The molecule has 0 amide bonds. The van der Waals surface area contributed by atoms with Crippen molar-refractivity contribution >= 4 is 12.3 Å². The first-order valence-corrected chi connectivity index (χ1v) is 5.76. The Hall–Kier alpha value is -1.84. The van der Waals surface area contributed by atoms with Crippen molar-refractivity contribution in [3.8, 4) is 5.75 Å². The molecular weight excluding hydrogens is 232 g/mol. The molecule has 1 aromatic rings. The van der Waals surface area contributed by atoms with Crippen LogP contribution in [0.5, 0.6) is 5.75 Å². The third-order valence-corrected chi connectivity index (χ3v) is 2.05. The fraction of sp³-hybridized carbons (Fsp3) is 0.429. The van der Waals surface area contributed by atoms with E-state index in [0.29, 0.717) is 11.3 Å². The van der Waals surface area contributed by atoms with Crippen LogP contribution in [0.3, 0.4) is 0 Å². The molecular formula is C14H18O4. The lowest BCUT2D eigenvalue weighted by atomic mass is 10.2. The molecule has 0 N–H and O–H groups in total. The van der Waals surface area contributed by atoms with Gasteiger partial charge in [-0.3, -0.25) is 4.79 Å². The highest BCUT2D eigenvalue weighted by atomic mass is 16.6. The van der Waals surface area contributed by atoms with Gasteiger partial charge >= 0.3 is 5.97 Å². The van der Waals surface area contributed by atoms with Gasteiger partial charge in [0.25, 0.3) is 0 Å². The standard InChI is InChI=1S/C14H18O4/c1-10(13(16)18-14(2,3)4)17-12-7-5-6-11(8-12)9-15/h5-10H,1-4H3/t10-/m0/s1. The molecule has 0 fully saturated rings. The number of rotatable bonds is 4. The Morgan fingerprint density at radius 1 is 1.33 bits per heavy atom. The lowest BCUT2D eigenvalue weighted by Crippen LogP contribution is -2.33. The molecule has 4 nitrogen and oxygen atoms in total. The van der Waals surface area contributed by atoms with Gasteiger partial charge in [-0.15, -0.1) is 0 Å². The summed E-state index contributed by atoms with van der Waals surface area (Å²) < 4.78 is 10.6. The molecule has 0 aliphatic carbocycles. The molecule has 0 aliphatic heterocycles. The number of esters is 1. The predicted octanol–water partition coefficient (Wildman–Crippen LogP) is 2.61. The molecule has 0 unspecified atom stereocenters. The van der Waals surface area contributed by atoms with Crippen LogP contribution in [-0.2, 0) is 9.53 Å². The van der Waals surface area contributed by atoms with Crippen molar-refractivity contribution < 1.29 is 19.1 Å². The first-order valence-electron chi connectivity index (χ1n) is 5.76. The van der Waals surface area contributed by atoms with E-state index in [0.717, 1.165) is 6.29 Å². The van der Waals surface area contributed by atoms with Crippen LogP contribution >= 0.6 is 0 Å². The first-order chi connectivity index (χ1) is 8.31. The average molecular weight is 250 g/mol. The molecule has 0 aromatic heterocycles. The van der Waals surface area contributed by atoms with Crippen LogP contribution in [0.25, 0.3) is 0 Å². The van der Waals surface area contributed by atoms with Crippen molar-refractivity contribution in [3.05, 3.63) is 29.8 Å². The minimum atomic E-state index is -0.717. The molecule has 4 heteroatoms.